The van der Waals surface area contributed by atoms with E-state index in [9.17, 15) is 5.11 Å². The molecule has 1 aliphatic carbocycles. The highest BCUT2D eigenvalue weighted by Gasteiger charge is 2.24. The van der Waals surface area contributed by atoms with Gasteiger partial charge in [-0.1, -0.05) is 72.8 Å². The van der Waals surface area contributed by atoms with E-state index in [0.717, 1.165) is 42.8 Å². The van der Waals surface area contributed by atoms with E-state index < -0.39 is 0 Å². The molecule has 3 heteroatoms. The highest BCUT2D eigenvalue weighted by molar-refractivity contribution is 5.41. The standard InChI is InChI=1S/C27H25NO2/c29-25-13-7-12-22-16-19(14-15-23(22)25)17-26-28-24(18-30-26)27(20-8-3-1-4-9-20)21-10-5-2-6-11-21/h1-13,18-19,27,29H,14-17H2. The summed E-state index contributed by atoms with van der Waals surface area (Å²) in [6, 6.07) is 26.8. The molecule has 5 rings (SSSR count). The van der Waals surface area contributed by atoms with Gasteiger partial charge in [0.2, 0.25) is 0 Å². The molecule has 1 N–H and O–H groups in total. The molecule has 0 aliphatic heterocycles. The molecule has 1 atom stereocenters. The van der Waals surface area contributed by atoms with Crippen LogP contribution in [0.5, 0.6) is 5.75 Å². The molecule has 3 aromatic carbocycles. The summed E-state index contributed by atoms with van der Waals surface area (Å²) in [7, 11) is 0. The zero-order valence-corrected chi connectivity index (χ0v) is 16.9. The molecule has 30 heavy (non-hydrogen) atoms. The number of aromatic nitrogens is 1. The average Bonchev–Trinajstić information content (AvgIpc) is 3.23. The molecule has 3 nitrogen and oxygen atoms in total. The molecule has 1 aromatic heterocycles. The van der Waals surface area contributed by atoms with Crippen molar-refractivity contribution in [3.05, 3.63) is 119 Å². The predicted molar refractivity (Wildman–Crippen MR) is 118 cm³/mol. The zero-order chi connectivity index (χ0) is 20.3. The molecule has 0 spiro atoms. The van der Waals surface area contributed by atoms with E-state index in [2.05, 4.69) is 54.6 Å². The van der Waals surface area contributed by atoms with Gasteiger partial charge < -0.3 is 9.52 Å². The van der Waals surface area contributed by atoms with Gasteiger partial charge in [-0.2, -0.15) is 0 Å². The minimum atomic E-state index is 0.0638. The third kappa shape index (κ3) is 3.76. The van der Waals surface area contributed by atoms with Crippen molar-refractivity contribution < 1.29 is 9.52 Å². The minimum absolute atomic E-state index is 0.0638. The lowest BCUT2D eigenvalue weighted by Gasteiger charge is -2.24. The average molecular weight is 396 g/mol. The van der Waals surface area contributed by atoms with Gasteiger partial charge in [-0.15, -0.1) is 0 Å². The summed E-state index contributed by atoms with van der Waals surface area (Å²) in [5.41, 5.74) is 5.74. The Labute approximate surface area is 177 Å². The Balaban J connectivity index is 1.39. The summed E-state index contributed by atoms with van der Waals surface area (Å²) in [6.45, 7) is 0. The number of hydrogen-bond donors (Lipinski definition) is 1. The number of fused-ring (bicyclic) bond motifs is 1. The van der Waals surface area contributed by atoms with Crippen LogP contribution >= 0.6 is 0 Å². The molecule has 1 heterocycles. The predicted octanol–water partition coefficient (Wildman–Crippen LogP) is 5.91. The number of phenolic OH excluding ortho intramolecular Hbond substituents is 1. The number of oxazole rings is 1. The van der Waals surface area contributed by atoms with Crippen molar-refractivity contribution in [1.82, 2.24) is 4.98 Å². The Morgan fingerprint density at radius 1 is 0.900 bits per heavy atom. The lowest BCUT2D eigenvalue weighted by Crippen LogP contribution is -2.16. The molecule has 0 saturated heterocycles. The fourth-order valence-corrected chi connectivity index (χ4v) is 4.66. The van der Waals surface area contributed by atoms with E-state index in [4.69, 9.17) is 9.40 Å². The van der Waals surface area contributed by atoms with Crippen LogP contribution in [0.2, 0.25) is 0 Å². The van der Waals surface area contributed by atoms with Gasteiger partial charge in [0, 0.05) is 6.42 Å². The van der Waals surface area contributed by atoms with Crippen LogP contribution in [0.3, 0.4) is 0 Å². The van der Waals surface area contributed by atoms with Gasteiger partial charge in [0.1, 0.15) is 12.0 Å². The summed E-state index contributed by atoms with van der Waals surface area (Å²) >= 11 is 0. The first kappa shape index (κ1) is 18.7. The first-order valence-corrected chi connectivity index (χ1v) is 10.6. The topological polar surface area (TPSA) is 46.3 Å². The van der Waals surface area contributed by atoms with Crippen LogP contribution < -0.4 is 0 Å². The SMILES string of the molecule is Oc1cccc2c1CCC(Cc1nc(C(c3ccccc3)c3ccccc3)co1)C2. The van der Waals surface area contributed by atoms with Crippen LogP contribution in [0.4, 0.5) is 0 Å². The number of aromatic hydroxyl groups is 1. The first-order valence-electron chi connectivity index (χ1n) is 10.6. The maximum Gasteiger partial charge on any atom is 0.194 e. The van der Waals surface area contributed by atoms with Crippen molar-refractivity contribution in [2.24, 2.45) is 5.92 Å². The van der Waals surface area contributed by atoms with Gasteiger partial charge >= 0.3 is 0 Å². The van der Waals surface area contributed by atoms with E-state index in [1.54, 1.807) is 6.07 Å². The molecule has 0 fully saturated rings. The van der Waals surface area contributed by atoms with Gasteiger partial charge in [0.15, 0.2) is 5.89 Å². The Kier molecular flexibility index (Phi) is 5.10. The summed E-state index contributed by atoms with van der Waals surface area (Å²) in [4.78, 5) is 4.91. The normalized spacial score (nSPS) is 15.8. The molecule has 0 bridgehead atoms. The smallest absolute Gasteiger partial charge is 0.194 e. The molecule has 0 amide bonds. The Bertz CT molecular complexity index is 1080. The van der Waals surface area contributed by atoms with Crippen LogP contribution in [0, 0.1) is 5.92 Å². The largest absolute Gasteiger partial charge is 0.508 e. The first-order chi connectivity index (χ1) is 14.8. The Morgan fingerprint density at radius 3 is 2.30 bits per heavy atom. The lowest BCUT2D eigenvalue weighted by atomic mass is 9.82. The van der Waals surface area contributed by atoms with Crippen molar-refractivity contribution in [1.29, 1.82) is 0 Å². The van der Waals surface area contributed by atoms with Crippen LogP contribution in [-0.2, 0) is 19.3 Å². The third-order valence-corrected chi connectivity index (χ3v) is 6.15. The quantitative estimate of drug-likeness (QED) is 0.457. The summed E-state index contributed by atoms with van der Waals surface area (Å²) in [5.74, 6) is 1.78. The number of hydrogen-bond acceptors (Lipinski definition) is 3. The second-order valence-electron chi connectivity index (χ2n) is 8.15. The van der Waals surface area contributed by atoms with Gasteiger partial charge in [-0.25, -0.2) is 4.98 Å². The van der Waals surface area contributed by atoms with Gasteiger partial charge in [-0.05, 0) is 53.5 Å². The number of nitrogens with zero attached hydrogens (tertiary/aromatic N) is 1. The molecule has 0 saturated carbocycles. The summed E-state index contributed by atoms with van der Waals surface area (Å²) in [6.07, 6.45) is 5.57. The third-order valence-electron chi connectivity index (χ3n) is 6.15. The fraction of sp³-hybridized carbons (Fsp3) is 0.222. The van der Waals surface area contributed by atoms with Crippen LogP contribution in [0.15, 0.2) is 89.5 Å². The molecular formula is C27H25NO2. The maximum atomic E-state index is 10.1. The van der Waals surface area contributed by atoms with Crippen LogP contribution in [-0.4, -0.2) is 10.1 Å². The number of benzene rings is 3. The van der Waals surface area contributed by atoms with E-state index >= 15 is 0 Å². The van der Waals surface area contributed by atoms with Gasteiger partial charge in [-0.3, -0.25) is 0 Å². The van der Waals surface area contributed by atoms with E-state index in [-0.39, 0.29) is 5.92 Å². The van der Waals surface area contributed by atoms with E-state index in [0.29, 0.717) is 11.7 Å². The number of phenols is 1. The van der Waals surface area contributed by atoms with Crippen molar-refractivity contribution in [3.63, 3.8) is 0 Å². The molecule has 0 radical (unpaired) electrons. The molecule has 1 aliphatic rings. The highest BCUT2D eigenvalue weighted by atomic mass is 16.3. The molecular weight excluding hydrogens is 370 g/mol. The fourth-order valence-electron chi connectivity index (χ4n) is 4.66. The number of rotatable bonds is 5. The van der Waals surface area contributed by atoms with Gasteiger partial charge in [0.25, 0.3) is 0 Å². The van der Waals surface area contributed by atoms with Crippen LogP contribution in [0.1, 0.15) is 46.2 Å². The van der Waals surface area contributed by atoms with Crippen LogP contribution in [0.25, 0.3) is 0 Å². The summed E-state index contributed by atoms with van der Waals surface area (Å²) in [5, 5.41) is 10.1. The second kappa shape index (κ2) is 8.19. The van der Waals surface area contributed by atoms with E-state index in [1.807, 2.05) is 24.5 Å². The lowest BCUT2D eigenvalue weighted by molar-refractivity contribution is 0.385. The maximum absolute atomic E-state index is 10.1. The monoisotopic (exact) mass is 395 g/mol. The summed E-state index contributed by atoms with van der Waals surface area (Å²) < 4.78 is 5.94. The second-order valence-corrected chi connectivity index (χ2v) is 8.15. The molecule has 1 unspecified atom stereocenters. The van der Waals surface area contributed by atoms with Crippen molar-refractivity contribution >= 4 is 0 Å². The minimum Gasteiger partial charge on any atom is -0.508 e. The van der Waals surface area contributed by atoms with E-state index in [1.165, 1.54) is 16.7 Å². The van der Waals surface area contributed by atoms with Gasteiger partial charge in [0.05, 0.1) is 11.6 Å². The highest BCUT2D eigenvalue weighted by Crippen LogP contribution is 2.34. The molecule has 150 valence electrons. The molecule has 4 aromatic rings. The Hall–Kier alpha value is -3.33. The van der Waals surface area contributed by atoms with Crippen molar-refractivity contribution in [2.75, 3.05) is 0 Å². The van der Waals surface area contributed by atoms with Crippen molar-refractivity contribution in [2.45, 2.75) is 31.6 Å². The Morgan fingerprint density at radius 2 is 1.60 bits per heavy atom. The van der Waals surface area contributed by atoms with Crippen molar-refractivity contribution in [3.8, 4) is 5.75 Å². The zero-order valence-electron chi connectivity index (χ0n) is 16.9.